The standard InChI is InChI=1S/C25H24ClFN6O5/c1-14-5-16(26)7-19(18(14)8-17-11-31(25(36)37)3-4-38-17)22-21-6-15(10-33(21)29-13-28-22)9-32-12-20(27)23(34)30(2)24(32)35/h5-7,10,12-13,17H,3-4,8-9,11H2,1-2H3,(H,36,37)/t17-/m1/s1. The molecule has 1 N–H and O–H groups in total. The van der Waals surface area contributed by atoms with E-state index in [1.807, 2.05) is 13.0 Å². The van der Waals surface area contributed by atoms with Crippen molar-refractivity contribution in [1.82, 2.24) is 28.6 Å². The third-order valence-electron chi connectivity index (χ3n) is 6.66. The number of aryl methyl sites for hydroxylation is 1. The summed E-state index contributed by atoms with van der Waals surface area (Å²) in [7, 11) is 1.22. The van der Waals surface area contributed by atoms with Crippen molar-refractivity contribution in [3.05, 3.63) is 85.3 Å². The summed E-state index contributed by atoms with van der Waals surface area (Å²) in [5, 5.41) is 14.2. The zero-order valence-electron chi connectivity index (χ0n) is 20.6. The molecule has 38 heavy (non-hydrogen) atoms. The molecule has 1 aliphatic rings. The molecule has 1 atom stereocenters. The largest absolute Gasteiger partial charge is 0.465 e. The van der Waals surface area contributed by atoms with E-state index in [1.54, 1.807) is 22.8 Å². The lowest BCUT2D eigenvalue weighted by molar-refractivity contribution is -0.0210. The first-order chi connectivity index (χ1) is 18.1. The number of carbonyl (C=O) groups is 1. The Morgan fingerprint density at radius 3 is 2.82 bits per heavy atom. The minimum Gasteiger partial charge on any atom is -0.465 e. The lowest BCUT2D eigenvalue weighted by Crippen LogP contribution is -2.45. The zero-order valence-corrected chi connectivity index (χ0v) is 21.4. The van der Waals surface area contributed by atoms with Gasteiger partial charge in [-0.2, -0.15) is 9.49 Å². The van der Waals surface area contributed by atoms with Crippen molar-refractivity contribution in [3.8, 4) is 11.3 Å². The molecule has 198 valence electrons. The predicted octanol–water partition coefficient (Wildman–Crippen LogP) is 2.33. The highest BCUT2D eigenvalue weighted by atomic mass is 35.5. The Labute approximate surface area is 220 Å². The molecule has 0 unspecified atom stereocenters. The number of ether oxygens (including phenoxy) is 1. The van der Waals surface area contributed by atoms with Gasteiger partial charge in [-0.15, -0.1) is 0 Å². The minimum atomic E-state index is -1.03. The van der Waals surface area contributed by atoms with E-state index in [1.165, 1.54) is 18.3 Å². The van der Waals surface area contributed by atoms with E-state index in [4.69, 9.17) is 16.3 Å². The Bertz CT molecular complexity index is 1680. The van der Waals surface area contributed by atoms with E-state index < -0.39 is 23.2 Å². The van der Waals surface area contributed by atoms with Gasteiger partial charge in [0, 0.05) is 36.8 Å². The van der Waals surface area contributed by atoms with E-state index in [0.29, 0.717) is 41.4 Å². The SMILES string of the molecule is Cc1cc(Cl)cc(-c2ncnn3cc(Cn4cc(F)c(=O)n(C)c4=O)cc23)c1C[C@@H]1CN(C(=O)O)CCO1. The fourth-order valence-electron chi connectivity index (χ4n) is 4.77. The Morgan fingerprint density at radius 1 is 1.26 bits per heavy atom. The number of hydrogen-bond donors (Lipinski definition) is 1. The second kappa shape index (κ2) is 10.0. The van der Waals surface area contributed by atoms with Crippen LogP contribution in [0.1, 0.15) is 16.7 Å². The van der Waals surface area contributed by atoms with Crippen LogP contribution < -0.4 is 11.2 Å². The second-order valence-corrected chi connectivity index (χ2v) is 9.65. The average molecular weight is 543 g/mol. The van der Waals surface area contributed by atoms with Crippen LogP contribution in [0.2, 0.25) is 5.02 Å². The molecule has 0 bridgehead atoms. The number of amides is 1. The monoisotopic (exact) mass is 542 g/mol. The van der Waals surface area contributed by atoms with Crippen molar-refractivity contribution in [2.24, 2.45) is 7.05 Å². The molecular weight excluding hydrogens is 519 g/mol. The summed E-state index contributed by atoms with van der Waals surface area (Å²) < 4.78 is 23.3. The Morgan fingerprint density at radius 2 is 2.05 bits per heavy atom. The lowest BCUT2D eigenvalue weighted by atomic mass is 9.93. The summed E-state index contributed by atoms with van der Waals surface area (Å²) in [6.45, 7) is 2.81. The molecule has 0 saturated carbocycles. The molecule has 0 spiro atoms. The second-order valence-electron chi connectivity index (χ2n) is 9.21. The van der Waals surface area contributed by atoms with E-state index in [-0.39, 0.29) is 19.2 Å². The van der Waals surface area contributed by atoms with Crippen LogP contribution in [0.3, 0.4) is 0 Å². The number of halogens is 2. The van der Waals surface area contributed by atoms with Gasteiger partial charge in [0.25, 0.3) is 5.56 Å². The number of rotatable bonds is 5. The van der Waals surface area contributed by atoms with E-state index in [0.717, 1.165) is 32.0 Å². The Balaban J connectivity index is 1.55. The normalized spacial score (nSPS) is 15.8. The molecular formula is C25H24ClFN6O5. The van der Waals surface area contributed by atoms with Crippen LogP contribution in [0.25, 0.3) is 16.8 Å². The number of fused-ring (bicyclic) bond motifs is 1. The van der Waals surface area contributed by atoms with Gasteiger partial charge in [0.05, 0.1) is 43.2 Å². The highest BCUT2D eigenvalue weighted by Crippen LogP contribution is 2.33. The van der Waals surface area contributed by atoms with Crippen molar-refractivity contribution in [1.29, 1.82) is 0 Å². The minimum absolute atomic E-state index is 0.00897. The quantitative estimate of drug-likeness (QED) is 0.410. The third-order valence-corrected chi connectivity index (χ3v) is 6.88. The molecule has 1 saturated heterocycles. The maximum Gasteiger partial charge on any atom is 0.407 e. The number of hydrogen-bond acceptors (Lipinski definition) is 6. The van der Waals surface area contributed by atoms with Gasteiger partial charge in [-0.05, 0) is 41.8 Å². The Hall–Kier alpha value is -4.03. The van der Waals surface area contributed by atoms with Crippen molar-refractivity contribution in [3.63, 3.8) is 0 Å². The van der Waals surface area contributed by atoms with Gasteiger partial charge < -0.3 is 14.7 Å². The predicted molar refractivity (Wildman–Crippen MR) is 136 cm³/mol. The molecule has 1 fully saturated rings. The molecule has 1 aliphatic heterocycles. The summed E-state index contributed by atoms with van der Waals surface area (Å²) in [6, 6.07) is 5.42. The van der Waals surface area contributed by atoms with Gasteiger partial charge in [0.15, 0.2) is 0 Å². The average Bonchev–Trinajstić information content (AvgIpc) is 3.30. The van der Waals surface area contributed by atoms with Gasteiger partial charge in [-0.3, -0.25) is 13.9 Å². The fraction of sp³-hybridized carbons (Fsp3) is 0.320. The smallest absolute Gasteiger partial charge is 0.407 e. The lowest BCUT2D eigenvalue weighted by Gasteiger charge is -2.31. The fourth-order valence-corrected chi connectivity index (χ4v) is 5.05. The van der Waals surface area contributed by atoms with Crippen molar-refractivity contribution >= 4 is 23.2 Å². The van der Waals surface area contributed by atoms with Crippen molar-refractivity contribution < 1.29 is 19.0 Å². The van der Waals surface area contributed by atoms with Crippen LogP contribution in [0.15, 0.2) is 46.5 Å². The number of nitrogens with zero attached hydrogens (tertiary/aromatic N) is 6. The number of aromatic nitrogens is 5. The first-order valence-corrected chi connectivity index (χ1v) is 12.2. The Kier molecular flexibility index (Phi) is 6.76. The molecule has 1 amide bonds. The number of carboxylic acid groups (broad SMARTS) is 1. The molecule has 5 rings (SSSR count). The van der Waals surface area contributed by atoms with Crippen LogP contribution in [-0.4, -0.2) is 65.6 Å². The summed E-state index contributed by atoms with van der Waals surface area (Å²) >= 11 is 6.43. The van der Waals surface area contributed by atoms with Gasteiger partial charge in [0.2, 0.25) is 5.82 Å². The van der Waals surface area contributed by atoms with E-state index in [9.17, 15) is 23.9 Å². The first kappa shape index (κ1) is 25.6. The van der Waals surface area contributed by atoms with Crippen molar-refractivity contribution in [2.75, 3.05) is 19.7 Å². The molecule has 3 aromatic heterocycles. The molecule has 0 aliphatic carbocycles. The highest BCUT2D eigenvalue weighted by Gasteiger charge is 2.26. The summed E-state index contributed by atoms with van der Waals surface area (Å²) in [4.78, 5) is 41.5. The molecule has 1 aromatic carbocycles. The van der Waals surface area contributed by atoms with Gasteiger partial charge in [-0.1, -0.05) is 11.6 Å². The molecule has 4 aromatic rings. The summed E-state index contributed by atoms with van der Waals surface area (Å²) in [5.41, 5.74) is 2.77. The maximum atomic E-state index is 14.0. The molecule has 4 heterocycles. The topological polar surface area (TPSA) is 124 Å². The molecule has 11 nitrogen and oxygen atoms in total. The van der Waals surface area contributed by atoms with E-state index in [2.05, 4.69) is 10.1 Å². The maximum absolute atomic E-state index is 14.0. The first-order valence-electron chi connectivity index (χ1n) is 11.8. The molecule has 0 radical (unpaired) electrons. The highest BCUT2D eigenvalue weighted by molar-refractivity contribution is 6.31. The van der Waals surface area contributed by atoms with Crippen molar-refractivity contribution in [2.45, 2.75) is 26.0 Å². The van der Waals surface area contributed by atoms with Crippen LogP contribution >= 0.6 is 11.6 Å². The number of benzene rings is 1. The third kappa shape index (κ3) is 4.79. The van der Waals surface area contributed by atoms with Crippen LogP contribution in [0.5, 0.6) is 0 Å². The zero-order chi connectivity index (χ0) is 27.1. The van der Waals surface area contributed by atoms with Gasteiger partial charge >= 0.3 is 11.8 Å². The van der Waals surface area contributed by atoms with Gasteiger partial charge in [0.1, 0.15) is 6.33 Å². The van der Waals surface area contributed by atoms with Crippen LogP contribution in [-0.2, 0) is 24.8 Å². The summed E-state index contributed by atoms with van der Waals surface area (Å²) in [6.07, 6.45) is 3.10. The summed E-state index contributed by atoms with van der Waals surface area (Å²) in [5.74, 6) is -1.03. The molecule has 13 heteroatoms. The number of morpholine rings is 1. The van der Waals surface area contributed by atoms with E-state index >= 15 is 0 Å². The van der Waals surface area contributed by atoms with Gasteiger partial charge in [-0.25, -0.2) is 19.1 Å². The van der Waals surface area contributed by atoms with Crippen LogP contribution in [0, 0.1) is 12.7 Å². The van der Waals surface area contributed by atoms with Crippen LogP contribution in [0.4, 0.5) is 9.18 Å².